The van der Waals surface area contributed by atoms with Crippen molar-refractivity contribution in [3.63, 3.8) is 0 Å². The second-order valence-corrected chi connectivity index (χ2v) is 15.7. The fourth-order valence-corrected chi connectivity index (χ4v) is 9.52. The fraction of sp³-hybridized carbons (Fsp3) is 0. The Labute approximate surface area is 393 Å². The molecule has 0 atom stereocenters. The molecule has 13 rings (SSSR count). The van der Waals surface area contributed by atoms with Crippen LogP contribution in [-0.2, 0) is 32.7 Å². The van der Waals surface area contributed by atoms with Gasteiger partial charge < -0.3 is 4.57 Å². The maximum absolute atomic E-state index is 5.61. The molecule has 0 bridgehead atoms. The molecule has 0 amide bonds. The molecule has 0 N–H and O–H groups in total. The van der Waals surface area contributed by atoms with Crippen molar-refractivity contribution in [3.8, 4) is 45.8 Å². The van der Waals surface area contributed by atoms with Crippen molar-refractivity contribution in [1.82, 2.24) is 28.7 Å². The Kier molecular flexibility index (Phi) is 9.14. The van der Waals surface area contributed by atoms with Crippen molar-refractivity contribution in [2.45, 2.75) is 0 Å². The molecule has 297 valence electrons. The zero-order valence-corrected chi connectivity index (χ0v) is 37.2. The average Bonchev–Trinajstić information content (AvgIpc) is 4.00. The van der Waals surface area contributed by atoms with Crippen LogP contribution in [0, 0.1) is 12.1 Å². The third kappa shape index (κ3) is 5.89. The molecule has 0 spiro atoms. The van der Waals surface area contributed by atoms with Gasteiger partial charge in [0.25, 0.3) is 0 Å². The van der Waals surface area contributed by atoms with Gasteiger partial charge in [0.15, 0.2) is 12.4 Å². The molecule has 1 radical (unpaired) electrons. The van der Waals surface area contributed by atoms with Crippen LogP contribution in [0.1, 0.15) is 0 Å². The van der Waals surface area contributed by atoms with Crippen LogP contribution in [0.25, 0.3) is 111 Å². The van der Waals surface area contributed by atoms with Gasteiger partial charge in [-0.2, -0.15) is 39.9 Å². The summed E-state index contributed by atoms with van der Waals surface area (Å²) in [6.45, 7) is 0. The standard InChI is InChI=1S/C56H34N7.Y/c1-3-19-37(20-4-1)38-35-51(60-33-17-2-18-34-60)53(52(36-38)61-45-27-11-5-21-39(45)40-22-6-12-28-46(40)61)54-57-55(62-47-29-13-7-23-41(47)42-24-8-14-30-48(42)62)59-56(58-54)63-49-31-15-9-25-43(49)44-26-10-16-32-50(44)63;/h1-19,21-35H;/q-1;. The topological polar surface area (TPSA) is 57.3 Å². The molecule has 13 aromatic rings. The van der Waals surface area contributed by atoms with E-state index in [4.69, 9.17) is 15.0 Å². The van der Waals surface area contributed by atoms with Crippen molar-refractivity contribution in [2.24, 2.45) is 0 Å². The summed E-state index contributed by atoms with van der Waals surface area (Å²) < 4.78 is 8.83. The van der Waals surface area contributed by atoms with Crippen molar-refractivity contribution < 1.29 is 37.3 Å². The largest absolute Gasteiger partial charge is 0.327 e. The summed E-state index contributed by atoms with van der Waals surface area (Å²) in [4.78, 5) is 16.7. The summed E-state index contributed by atoms with van der Waals surface area (Å²) in [6, 6.07) is 74.9. The summed E-state index contributed by atoms with van der Waals surface area (Å²) in [7, 11) is 0. The van der Waals surface area contributed by atoms with Gasteiger partial charge in [-0.25, -0.2) is 21.1 Å². The van der Waals surface area contributed by atoms with Gasteiger partial charge in [-0.05, 0) is 42.1 Å². The second-order valence-electron chi connectivity index (χ2n) is 15.7. The van der Waals surface area contributed by atoms with Crippen LogP contribution in [-0.4, -0.2) is 28.7 Å². The minimum atomic E-state index is 0. The van der Waals surface area contributed by atoms with Gasteiger partial charge >= 0.3 is 0 Å². The fourth-order valence-electron chi connectivity index (χ4n) is 9.52. The van der Waals surface area contributed by atoms with Crippen molar-refractivity contribution in [2.75, 3.05) is 0 Å². The summed E-state index contributed by atoms with van der Waals surface area (Å²) >= 11 is 0. The number of nitrogens with zero attached hydrogens (tertiary/aromatic N) is 7. The van der Waals surface area contributed by atoms with Gasteiger partial charge in [-0.15, -0.1) is 12.1 Å². The second kappa shape index (κ2) is 15.3. The smallest absolute Gasteiger partial charge is 0.239 e. The van der Waals surface area contributed by atoms with Crippen LogP contribution < -0.4 is 4.57 Å². The Morgan fingerprint density at radius 1 is 0.391 bits per heavy atom. The van der Waals surface area contributed by atoms with E-state index in [2.05, 4.69) is 213 Å². The Morgan fingerprint density at radius 3 is 1.22 bits per heavy atom. The van der Waals surface area contributed by atoms with E-state index in [9.17, 15) is 0 Å². The van der Waals surface area contributed by atoms with Crippen molar-refractivity contribution in [1.29, 1.82) is 0 Å². The summed E-state index contributed by atoms with van der Waals surface area (Å²) in [5, 5.41) is 6.78. The van der Waals surface area contributed by atoms with Gasteiger partial charge in [-0.1, -0.05) is 115 Å². The number of hydrogen-bond acceptors (Lipinski definition) is 3. The molecule has 0 aliphatic heterocycles. The molecule has 5 aromatic heterocycles. The van der Waals surface area contributed by atoms with Crippen LogP contribution in [0.2, 0.25) is 0 Å². The molecule has 0 aliphatic carbocycles. The molecule has 0 fully saturated rings. The third-order valence-corrected chi connectivity index (χ3v) is 12.2. The maximum atomic E-state index is 5.61. The number of benzene rings is 8. The van der Waals surface area contributed by atoms with Crippen molar-refractivity contribution in [3.05, 3.63) is 219 Å². The number of rotatable bonds is 6. The van der Waals surface area contributed by atoms with E-state index in [0.29, 0.717) is 17.7 Å². The van der Waals surface area contributed by atoms with E-state index < -0.39 is 0 Å². The molecule has 0 unspecified atom stereocenters. The summed E-state index contributed by atoms with van der Waals surface area (Å²) in [6.07, 6.45) is 4.16. The minimum absolute atomic E-state index is 0. The number of hydrogen-bond donors (Lipinski definition) is 0. The normalized spacial score (nSPS) is 11.6. The number of pyridine rings is 1. The maximum Gasteiger partial charge on any atom is 0.239 e. The van der Waals surface area contributed by atoms with Gasteiger partial charge in [0.05, 0.1) is 33.1 Å². The van der Waals surface area contributed by atoms with E-state index in [1.807, 2.05) is 24.3 Å². The Balaban J connectivity index is 0.00000433. The Morgan fingerprint density at radius 2 is 0.797 bits per heavy atom. The first-order valence-corrected chi connectivity index (χ1v) is 21.0. The van der Waals surface area contributed by atoms with Crippen LogP contribution in [0.4, 0.5) is 0 Å². The first kappa shape index (κ1) is 38.1. The Bertz CT molecular complexity index is 3630. The SMILES string of the molecule is [Y].[c-]1ccccc1-c1[c-]c(-n2c3ccccc3c3ccccc32)c(-c2nc(-n3c4ccccc4c4ccccc43)nc(-n3c4ccccc4c4ccccc43)n2)c(-[n+]2ccccc2)c1. The van der Waals surface area contributed by atoms with E-state index in [-0.39, 0.29) is 32.7 Å². The van der Waals surface area contributed by atoms with E-state index in [1.54, 1.807) is 0 Å². The molecule has 0 aliphatic rings. The molecule has 5 heterocycles. The monoisotopic (exact) mass is 893 g/mol. The van der Waals surface area contributed by atoms with E-state index >= 15 is 0 Å². The number of fused-ring (bicyclic) bond motifs is 9. The zero-order valence-electron chi connectivity index (χ0n) is 34.3. The summed E-state index contributed by atoms with van der Waals surface area (Å²) in [5.41, 5.74) is 10.4. The molecule has 64 heavy (non-hydrogen) atoms. The number of para-hydroxylation sites is 6. The summed E-state index contributed by atoms with van der Waals surface area (Å²) in [5.74, 6) is 1.51. The zero-order chi connectivity index (χ0) is 41.4. The quantitative estimate of drug-likeness (QED) is 0.123. The van der Waals surface area contributed by atoms with Gasteiger partial charge in [0, 0.05) is 82.7 Å². The molecular formula is C56H34N7Y-. The van der Waals surface area contributed by atoms with Crippen LogP contribution >= 0.6 is 0 Å². The van der Waals surface area contributed by atoms with Gasteiger partial charge in [0.1, 0.15) is 11.5 Å². The molecular weight excluding hydrogens is 860 g/mol. The van der Waals surface area contributed by atoms with Gasteiger partial charge in [-0.3, -0.25) is 9.13 Å². The molecule has 8 heteroatoms. The molecule has 7 nitrogen and oxygen atoms in total. The predicted octanol–water partition coefficient (Wildman–Crippen LogP) is 12.4. The molecule has 8 aromatic carbocycles. The minimum Gasteiger partial charge on any atom is -0.327 e. The average molecular weight is 894 g/mol. The Hall–Kier alpha value is -7.58. The molecule has 0 saturated carbocycles. The van der Waals surface area contributed by atoms with E-state index in [0.717, 1.165) is 93.5 Å². The van der Waals surface area contributed by atoms with Crippen LogP contribution in [0.15, 0.2) is 207 Å². The third-order valence-electron chi connectivity index (χ3n) is 12.2. The van der Waals surface area contributed by atoms with Crippen LogP contribution in [0.3, 0.4) is 0 Å². The first-order chi connectivity index (χ1) is 31.3. The molecule has 0 saturated heterocycles. The van der Waals surface area contributed by atoms with Crippen LogP contribution in [0.5, 0.6) is 0 Å². The predicted molar refractivity (Wildman–Crippen MR) is 253 cm³/mol. The van der Waals surface area contributed by atoms with Gasteiger partial charge in [0.2, 0.25) is 11.9 Å². The number of aromatic nitrogens is 7. The first-order valence-electron chi connectivity index (χ1n) is 21.0. The van der Waals surface area contributed by atoms with E-state index in [1.165, 1.54) is 0 Å². The van der Waals surface area contributed by atoms with Crippen molar-refractivity contribution >= 4 is 65.4 Å².